The molecule has 1 aromatic rings. The fourth-order valence-corrected chi connectivity index (χ4v) is 1.87. The van der Waals surface area contributed by atoms with Crippen molar-refractivity contribution in [1.82, 2.24) is 15.5 Å². The van der Waals surface area contributed by atoms with Crippen molar-refractivity contribution in [3.05, 3.63) is 35.4 Å². The zero-order chi connectivity index (χ0) is 14.1. The van der Waals surface area contributed by atoms with Crippen LogP contribution in [0.1, 0.15) is 24.5 Å². The number of guanidine groups is 1. The summed E-state index contributed by atoms with van der Waals surface area (Å²) in [6.07, 6.45) is 1.10. The first-order valence-corrected chi connectivity index (χ1v) is 6.83. The maximum absolute atomic E-state index is 4.22. The number of halogens is 1. The molecule has 2 N–H and O–H groups in total. The molecule has 5 heteroatoms. The predicted octanol–water partition coefficient (Wildman–Crippen LogP) is 2.44. The third-order valence-corrected chi connectivity index (χ3v) is 2.82. The van der Waals surface area contributed by atoms with Gasteiger partial charge in [0.2, 0.25) is 0 Å². The van der Waals surface area contributed by atoms with Crippen LogP contribution in [0.2, 0.25) is 0 Å². The van der Waals surface area contributed by atoms with Crippen LogP contribution in [-0.2, 0) is 13.1 Å². The molecular formula is C15H27IN4. The van der Waals surface area contributed by atoms with Gasteiger partial charge in [-0.05, 0) is 31.6 Å². The third kappa shape index (κ3) is 7.09. The Kier molecular flexibility index (Phi) is 10.5. The molecule has 0 fully saturated rings. The minimum absolute atomic E-state index is 0. The average molecular weight is 390 g/mol. The Morgan fingerprint density at radius 2 is 1.80 bits per heavy atom. The molecular weight excluding hydrogens is 363 g/mol. The van der Waals surface area contributed by atoms with Crippen LogP contribution in [-0.4, -0.2) is 38.5 Å². The minimum Gasteiger partial charge on any atom is -0.356 e. The summed E-state index contributed by atoms with van der Waals surface area (Å²) in [5.41, 5.74) is 2.67. The second-order valence-electron chi connectivity index (χ2n) is 4.86. The summed E-state index contributed by atoms with van der Waals surface area (Å²) in [5.74, 6) is 0.863. The Hall–Kier alpha value is -0.820. The molecule has 0 spiro atoms. The highest BCUT2D eigenvalue weighted by Crippen LogP contribution is 2.10. The quantitative estimate of drug-likeness (QED) is 0.445. The molecule has 0 heterocycles. The van der Waals surface area contributed by atoms with Crippen LogP contribution >= 0.6 is 24.0 Å². The zero-order valence-corrected chi connectivity index (χ0v) is 15.3. The van der Waals surface area contributed by atoms with E-state index < -0.39 is 0 Å². The summed E-state index contributed by atoms with van der Waals surface area (Å²) in [6.45, 7) is 4.85. The number of hydrogen-bond donors (Lipinski definition) is 2. The number of rotatable bonds is 6. The molecule has 0 unspecified atom stereocenters. The highest BCUT2D eigenvalue weighted by atomic mass is 127. The molecule has 1 aromatic carbocycles. The lowest BCUT2D eigenvalue weighted by atomic mass is 10.1. The molecule has 0 saturated carbocycles. The Bertz CT molecular complexity index is 405. The number of nitrogens with zero attached hydrogens (tertiary/aromatic N) is 2. The van der Waals surface area contributed by atoms with Crippen LogP contribution in [0.15, 0.2) is 29.3 Å². The van der Waals surface area contributed by atoms with E-state index in [1.54, 1.807) is 7.05 Å². The van der Waals surface area contributed by atoms with Gasteiger partial charge >= 0.3 is 0 Å². The summed E-state index contributed by atoms with van der Waals surface area (Å²) in [4.78, 5) is 6.40. The predicted molar refractivity (Wildman–Crippen MR) is 97.7 cm³/mol. The molecule has 1 rings (SSSR count). The summed E-state index contributed by atoms with van der Waals surface area (Å²) in [6, 6.07) is 8.52. The largest absolute Gasteiger partial charge is 0.356 e. The Morgan fingerprint density at radius 3 is 2.35 bits per heavy atom. The van der Waals surface area contributed by atoms with E-state index in [4.69, 9.17) is 0 Å². The van der Waals surface area contributed by atoms with Crippen molar-refractivity contribution in [2.75, 3.05) is 27.7 Å². The van der Waals surface area contributed by atoms with Gasteiger partial charge in [-0.3, -0.25) is 4.99 Å². The lowest BCUT2D eigenvalue weighted by molar-refractivity contribution is 0.400. The van der Waals surface area contributed by atoms with E-state index >= 15 is 0 Å². The van der Waals surface area contributed by atoms with Crippen molar-refractivity contribution in [3.8, 4) is 0 Å². The monoisotopic (exact) mass is 390 g/mol. The van der Waals surface area contributed by atoms with Gasteiger partial charge in [-0.15, -0.1) is 24.0 Å². The minimum atomic E-state index is 0. The molecule has 0 aliphatic carbocycles. The first-order valence-electron chi connectivity index (χ1n) is 6.83. The SMILES string of the molecule is CCCNC(=NC)NCc1ccccc1CN(C)C.I. The summed E-state index contributed by atoms with van der Waals surface area (Å²) >= 11 is 0. The van der Waals surface area contributed by atoms with Crippen LogP contribution in [0.25, 0.3) is 0 Å². The molecule has 0 radical (unpaired) electrons. The van der Waals surface area contributed by atoms with E-state index in [0.29, 0.717) is 0 Å². The third-order valence-electron chi connectivity index (χ3n) is 2.82. The van der Waals surface area contributed by atoms with Crippen LogP contribution in [0.3, 0.4) is 0 Å². The Balaban J connectivity index is 0.00000361. The van der Waals surface area contributed by atoms with Gasteiger partial charge in [-0.1, -0.05) is 31.2 Å². The van der Waals surface area contributed by atoms with E-state index in [-0.39, 0.29) is 24.0 Å². The van der Waals surface area contributed by atoms with E-state index in [1.165, 1.54) is 11.1 Å². The summed E-state index contributed by atoms with van der Waals surface area (Å²) in [7, 11) is 5.98. The second-order valence-corrected chi connectivity index (χ2v) is 4.86. The number of aliphatic imine (C=N–C) groups is 1. The fourth-order valence-electron chi connectivity index (χ4n) is 1.87. The molecule has 0 aliphatic heterocycles. The Labute approximate surface area is 140 Å². The van der Waals surface area contributed by atoms with Gasteiger partial charge in [-0.25, -0.2) is 0 Å². The van der Waals surface area contributed by atoms with Gasteiger partial charge in [0, 0.05) is 26.7 Å². The van der Waals surface area contributed by atoms with Gasteiger partial charge < -0.3 is 15.5 Å². The molecule has 114 valence electrons. The first-order chi connectivity index (χ1) is 9.17. The normalized spacial score (nSPS) is 11.2. The molecule has 0 amide bonds. The molecule has 0 aromatic heterocycles. The molecule has 0 aliphatic rings. The van der Waals surface area contributed by atoms with Crippen molar-refractivity contribution in [1.29, 1.82) is 0 Å². The zero-order valence-electron chi connectivity index (χ0n) is 12.9. The van der Waals surface area contributed by atoms with E-state index in [9.17, 15) is 0 Å². The van der Waals surface area contributed by atoms with Crippen molar-refractivity contribution in [2.24, 2.45) is 4.99 Å². The van der Waals surface area contributed by atoms with Gasteiger partial charge in [0.15, 0.2) is 5.96 Å². The molecule has 20 heavy (non-hydrogen) atoms. The van der Waals surface area contributed by atoms with Crippen molar-refractivity contribution < 1.29 is 0 Å². The van der Waals surface area contributed by atoms with Crippen molar-refractivity contribution >= 4 is 29.9 Å². The lowest BCUT2D eigenvalue weighted by Crippen LogP contribution is -2.37. The highest BCUT2D eigenvalue weighted by molar-refractivity contribution is 14.0. The van der Waals surface area contributed by atoms with Crippen LogP contribution in [0.5, 0.6) is 0 Å². The fraction of sp³-hybridized carbons (Fsp3) is 0.533. The molecule has 0 atom stereocenters. The van der Waals surface area contributed by atoms with E-state index in [1.807, 2.05) is 0 Å². The van der Waals surface area contributed by atoms with Gasteiger partial charge in [0.05, 0.1) is 0 Å². The molecule has 0 bridgehead atoms. The van der Waals surface area contributed by atoms with Crippen molar-refractivity contribution in [2.45, 2.75) is 26.4 Å². The maximum atomic E-state index is 4.22. The van der Waals surface area contributed by atoms with Crippen LogP contribution < -0.4 is 10.6 Å². The van der Waals surface area contributed by atoms with Crippen LogP contribution in [0, 0.1) is 0 Å². The van der Waals surface area contributed by atoms with Gasteiger partial charge in [-0.2, -0.15) is 0 Å². The summed E-state index contributed by atoms with van der Waals surface area (Å²) in [5, 5.41) is 6.63. The second kappa shape index (κ2) is 10.9. The highest BCUT2D eigenvalue weighted by Gasteiger charge is 2.04. The Morgan fingerprint density at radius 1 is 1.15 bits per heavy atom. The van der Waals surface area contributed by atoms with E-state index in [2.05, 4.69) is 65.8 Å². The maximum Gasteiger partial charge on any atom is 0.191 e. The topological polar surface area (TPSA) is 39.7 Å². The number of benzene rings is 1. The summed E-state index contributed by atoms with van der Waals surface area (Å²) < 4.78 is 0. The van der Waals surface area contributed by atoms with E-state index in [0.717, 1.165) is 32.0 Å². The molecule has 4 nitrogen and oxygen atoms in total. The van der Waals surface area contributed by atoms with Gasteiger partial charge in [0.25, 0.3) is 0 Å². The standard InChI is InChI=1S/C15H26N4.HI/c1-5-10-17-15(16-2)18-11-13-8-6-7-9-14(13)12-19(3)4;/h6-9H,5,10-12H2,1-4H3,(H2,16,17,18);1H. The first kappa shape index (κ1) is 19.2. The number of nitrogens with one attached hydrogen (secondary N) is 2. The number of hydrogen-bond acceptors (Lipinski definition) is 2. The average Bonchev–Trinajstić information content (AvgIpc) is 2.40. The smallest absolute Gasteiger partial charge is 0.191 e. The van der Waals surface area contributed by atoms with Crippen LogP contribution in [0.4, 0.5) is 0 Å². The van der Waals surface area contributed by atoms with Gasteiger partial charge in [0.1, 0.15) is 0 Å². The lowest BCUT2D eigenvalue weighted by Gasteiger charge is -2.16. The van der Waals surface area contributed by atoms with Crippen molar-refractivity contribution in [3.63, 3.8) is 0 Å². The molecule has 0 saturated heterocycles.